The van der Waals surface area contributed by atoms with Crippen molar-refractivity contribution in [3.63, 3.8) is 0 Å². The predicted octanol–water partition coefficient (Wildman–Crippen LogP) is 0.524. The Balaban J connectivity index is 2.38. The zero-order valence-corrected chi connectivity index (χ0v) is 8.73. The first kappa shape index (κ1) is 11.2. The molecule has 2 amide bonds. The van der Waals surface area contributed by atoms with E-state index in [-0.39, 0.29) is 17.9 Å². The van der Waals surface area contributed by atoms with Gasteiger partial charge < -0.3 is 5.32 Å². The molecule has 0 saturated carbocycles. The molecule has 0 radical (unpaired) electrons. The first-order valence-corrected chi connectivity index (χ1v) is 4.90. The van der Waals surface area contributed by atoms with Crippen LogP contribution in [0.15, 0.2) is 11.1 Å². The van der Waals surface area contributed by atoms with Gasteiger partial charge in [-0.3, -0.25) is 14.9 Å². The lowest BCUT2D eigenvalue weighted by molar-refractivity contribution is -0.134. The van der Waals surface area contributed by atoms with E-state index in [1.165, 1.54) is 5.54 Å². The second-order valence-corrected chi connectivity index (χ2v) is 3.56. The zero-order valence-electron chi connectivity index (χ0n) is 7.97. The molecule has 0 bridgehead atoms. The average Bonchev–Trinajstić information content (AvgIpc) is 2.16. The molecule has 0 spiro atoms. The number of imide groups is 1. The Kier molecular flexibility index (Phi) is 4.10. The Morgan fingerprint density at radius 1 is 1.71 bits per heavy atom. The molecule has 1 aliphatic heterocycles. The molecule has 1 atom stereocenters. The van der Waals surface area contributed by atoms with Crippen molar-refractivity contribution in [3.8, 4) is 0 Å². The molecule has 0 aromatic carbocycles. The van der Waals surface area contributed by atoms with Crippen LogP contribution in [0.5, 0.6) is 0 Å². The zero-order chi connectivity index (χ0) is 10.6. The second-order valence-electron chi connectivity index (χ2n) is 3.34. The summed E-state index contributed by atoms with van der Waals surface area (Å²) in [5.41, 5.74) is 2.43. The van der Waals surface area contributed by atoms with Gasteiger partial charge >= 0.3 is 0 Å². The summed E-state index contributed by atoms with van der Waals surface area (Å²) in [6.07, 6.45) is 0.952. The summed E-state index contributed by atoms with van der Waals surface area (Å²) in [7, 11) is 0. The standard InChI is InChI=1S/C9H13ClN2O2/c1-6(4-10)5-11-7-2-3-8(13)12-9(7)14/h4,7,11H,2-3,5H2,1H3,(H,12,13,14). The Hall–Kier alpha value is -0.870. The topological polar surface area (TPSA) is 58.2 Å². The van der Waals surface area contributed by atoms with Crippen LogP contribution in [0.3, 0.4) is 0 Å². The quantitative estimate of drug-likeness (QED) is 0.677. The van der Waals surface area contributed by atoms with Gasteiger partial charge in [0.1, 0.15) is 0 Å². The normalized spacial score (nSPS) is 23.6. The molecular formula is C9H13ClN2O2. The molecule has 1 rings (SSSR count). The van der Waals surface area contributed by atoms with Crippen molar-refractivity contribution in [1.29, 1.82) is 0 Å². The van der Waals surface area contributed by atoms with E-state index in [1.54, 1.807) is 0 Å². The van der Waals surface area contributed by atoms with Crippen LogP contribution in [0, 0.1) is 0 Å². The Bertz CT molecular complexity index is 276. The van der Waals surface area contributed by atoms with Crippen molar-refractivity contribution in [1.82, 2.24) is 10.6 Å². The summed E-state index contributed by atoms with van der Waals surface area (Å²) in [5, 5.41) is 5.30. The third-order valence-corrected chi connectivity index (χ3v) is 2.43. The van der Waals surface area contributed by atoms with Crippen LogP contribution in [0.1, 0.15) is 19.8 Å². The van der Waals surface area contributed by atoms with Gasteiger partial charge in [-0.2, -0.15) is 0 Å². The summed E-state index contributed by atoms with van der Waals surface area (Å²) in [6, 6.07) is -0.278. The molecule has 1 saturated heterocycles. The van der Waals surface area contributed by atoms with Gasteiger partial charge in [0.25, 0.3) is 0 Å². The summed E-state index contributed by atoms with van der Waals surface area (Å²) in [6.45, 7) is 2.43. The molecule has 4 nitrogen and oxygen atoms in total. The van der Waals surface area contributed by atoms with E-state index in [4.69, 9.17) is 11.6 Å². The fraction of sp³-hybridized carbons (Fsp3) is 0.556. The highest BCUT2D eigenvalue weighted by Crippen LogP contribution is 2.04. The van der Waals surface area contributed by atoms with Crippen LogP contribution >= 0.6 is 11.6 Å². The number of rotatable bonds is 3. The first-order valence-electron chi connectivity index (χ1n) is 4.46. The van der Waals surface area contributed by atoms with E-state index < -0.39 is 0 Å². The first-order chi connectivity index (χ1) is 6.63. The Morgan fingerprint density at radius 3 is 3.00 bits per heavy atom. The van der Waals surface area contributed by atoms with Crippen LogP contribution < -0.4 is 10.6 Å². The lowest BCUT2D eigenvalue weighted by Gasteiger charge is -2.21. The predicted molar refractivity (Wildman–Crippen MR) is 53.8 cm³/mol. The minimum absolute atomic E-state index is 0.197. The summed E-state index contributed by atoms with van der Waals surface area (Å²) in [4.78, 5) is 22.1. The number of piperidine rings is 1. The fourth-order valence-electron chi connectivity index (χ4n) is 1.21. The highest BCUT2D eigenvalue weighted by atomic mass is 35.5. The van der Waals surface area contributed by atoms with Gasteiger partial charge in [0.2, 0.25) is 11.8 Å². The lowest BCUT2D eigenvalue weighted by Crippen LogP contribution is -2.50. The average molecular weight is 217 g/mol. The van der Waals surface area contributed by atoms with E-state index in [0.717, 1.165) is 5.57 Å². The summed E-state index contributed by atoms with van der Waals surface area (Å²) < 4.78 is 0. The van der Waals surface area contributed by atoms with Crippen molar-refractivity contribution < 1.29 is 9.59 Å². The maximum absolute atomic E-state index is 11.3. The molecule has 0 aromatic heterocycles. The third kappa shape index (κ3) is 3.12. The Labute approximate surface area is 87.7 Å². The number of carbonyl (C=O) groups excluding carboxylic acids is 2. The largest absolute Gasteiger partial charge is 0.302 e. The molecular weight excluding hydrogens is 204 g/mol. The summed E-state index contributed by atoms with van der Waals surface area (Å²) >= 11 is 5.47. The molecule has 14 heavy (non-hydrogen) atoms. The SMILES string of the molecule is CC(=CCl)CNC1CCC(=O)NC1=O. The number of amides is 2. The molecule has 1 aliphatic rings. The molecule has 1 fully saturated rings. The van der Waals surface area contributed by atoms with E-state index in [0.29, 0.717) is 19.4 Å². The number of hydrogen-bond acceptors (Lipinski definition) is 3. The fourth-order valence-corrected chi connectivity index (χ4v) is 1.29. The van der Waals surface area contributed by atoms with Gasteiger partial charge in [-0.15, -0.1) is 0 Å². The maximum atomic E-state index is 11.3. The molecule has 0 aromatic rings. The number of hydrogen-bond donors (Lipinski definition) is 2. The van der Waals surface area contributed by atoms with E-state index in [1.807, 2.05) is 6.92 Å². The number of carbonyl (C=O) groups is 2. The lowest BCUT2D eigenvalue weighted by atomic mass is 10.1. The molecule has 5 heteroatoms. The van der Waals surface area contributed by atoms with Gasteiger partial charge in [0.15, 0.2) is 0 Å². The Morgan fingerprint density at radius 2 is 2.43 bits per heavy atom. The van der Waals surface area contributed by atoms with Crippen molar-refractivity contribution in [3.05, 3.63) is 11.1 Å². The molecule has 2 N–H and O–H groups in total. The van der Waals surface area contributed by atoms with Gasteiger partial charge in [-0.1, -0.05) is 11.6 Å². The van der Waals surface area contributed by atoms with Gasteiger partial charge in [-0.05, 0) is 18.9 Å². The minimum Gasteiger partial charge on any atom is -0.302 e. The maximum Gasteiger partial charge on any atom is 0.243 e. The van der Waals surface area contributed by atoms with Crippen LogP contribution in [-0.2, 0) is 9.59 Å². The van der Waals surface area contributed by atoms with E-state index in [2.05, 4.69) is 10.6 Å². The highest BCUT2D eigenvalue weighted by molar-refractivity contribution is 6.25. The van der Waals surface area contributed by atoms with Crippen molar-refractivity contribution in [2.45, 2.75) is 25.8 Å². The van der Waals surface area contributed by atoms with Crippen molar-refractivity contribution >= 4 is 23.4 Å². The minimum atomic E-state index is -0.278. The smallest absolute Gasteiger partial charge is 0.243 e. The van der Waals surface area contributed by atoms with Gasteiger partial charge in [0, 0.05) is 18.5 Å². The molecule has 1 unspecified atom stereocenters. The monoisotopic (exact) mass is 216 g/mol. The second kappa shape index (κ2) is 5.12. The van der Waals surface area contributed by atoms with Crippen LogP contribution in [0.25, 0.3) is 0 Å². The van der Waals surface area contributed by atoms with Crippen LogP contribution in [0.4, 0.5) is 0 Å². The van der Waals surface area contributed by atoms with E-state index in [9.17, 15) is 9.59 Å². The summed E-state index contributed by atoms with van der Waals surface area (Å²) in [5.74, 6) is -0.443. The number of halogens is 1. The van der Waals surface area contributed by atoms with Gasteiger partial charge in [-0.25, -0.2) is 0 Å². The van der Waals surface area contributed by atoms with Gasteiger partial charge in [0.05, 0.1) is 6.04 Å². The molecule has 1 heterocycles. The van der Waals surface area contributed by atoms with Crippen LogP contribution in [0.2, 0.25) is 0 Å². The van der Waals surface area contributed by atoms with Crippen molar-refractivity contribution in [2.24, 2.45) is 0 Å². The number of nitrogens with one attached hydrogen (secondary N) is 2. The van der Waals surface area contributed by atoms with E-state index >= 15 is 0 Å². The van der Waals surface area contributed by atoms with Crippen LogP contribution in [-0.4, -0.2) is 24.4 Å². The third-order valence-electron chi connectivity index (χ3n) is 2.05. The van der Waals surface area contributed by atoms with Crippen molar-refractivity contribution in [2.75, 3.05) is 6.54 Å². The molecule has 78 valence electrons. The molecule has 0 aliphatic carbocycles. The highest BCUT2D eigenvalue weighted by Gasteiger charge is 2.25.